The summed E-state index contributed by atoms with van der Waals surface area (Å²) in [4.78, 5) is 60.1. The number of hydrogen-bond acceptors (Lipinski definition) is 5. The Bertz CT molecular complexity index is 4380. The quantitative estimate of drug-likeness (QED) is 0.0547. The molecule has 0 atom stereocenters. The van der Waals surface area contributed by atoms with Gasteiger partial charge in [-0.1, -0.05) is 141 Å². The van der Waals surface area contributed by atoms with E-state index in [9.17, 15) is 9.59 Å². The molecule has 0 radical (unpaired) electrons. The number of rotatable bonds is 7. The molecule has 16 bridgehead atoms. The fourth-order valence-corrected chi connectivity index (χ4v) is 10.4. The Morgan fingerprint density at radius 2 is 1.24 bits per heavy atom. The number of benzene rings is 3. The SMILES string of the molecule is [CH2-][n+]1c2cc3ccc(cc4[nH+]c(cc5ccc([n-]5)c(-c5ccc(C(=O)NCc6ccc(-c7cc8[n-]c7cc7nc(cc9ccc(cc%10nc(c8-c8ccc(C(=O)OC)cc8)C=C%10)[n-]9)C(C)(C)C7)cc6)cc5)c1C=C2)C=C4)[n-]3.[I-].[Zn+2].[Zn]. The van der Waals surface area contributed by atoms with Crippen molar-refractivity contribution in [3.05, 3.63) is 221 Å². The average molecular weight is 1260 g/mol. The summed E-state index contributed by atoms with van der Waals surface area (Å²) in [6, 6.07) is 49.5. The van der Waals surface area contributed by atoms with E-state index in [1.807, 2.05) is 150 Å². The van der Waals surface area contributed by atoms with E-state index in [0.717, 1.165) is 135 Å². The van der Waals surface area contributed by atoms with Gasteiger partial charge in [-0.25, -0.2) is 14.8 Å². The third-order valence-electron chi connectivity index (χ3n) is 14.4. The molecule has 4 aliphatic rings. The molecule has 80 heavy (non-hydrogen) atoms. The molecule has 0 saturated carbocycles. The number of esters is 1. The Labute approximate surface area is 504 Å². The van der Waals surface area contributed by atoms with Crippen LogP contribution in [-0.2, 0) is 62.1 Å². The molecular weight excluding hydrogens is 1210 g/mol. The second-order valence-corrected chi connectivity index (χ2v) is 20.2. The minimum atomic E-state index is -0.414. The molecule has 0 saturated heterocycles. The number of hydrogen-bond donors (Lipinski definition) is 1. The smallest absolute Gasteiger partial charge is 1.00 e. The van der Waals surface area contributed by atoms with Gasteiger partial charge in [-0.05, 0) is 87.5 Å². The van der Waals surface area contributed by atoms with Crippen molar-refractivity contribution in [3.8, 4) is 33.4 Å². The maximum atomic E-state index is 13.8. The molecule has 6 aromatic heterocycles. The molecule has 384 valence electrons. The van der Waals surface area contributed by atoms with Crippen molar-refractivity contribution in [1.82, 2.24) is 35.2 Å². The molecule has 12 nitrogen and oxygen atoms in total. The summed E-state index contributed by atoms with van der Waals surface area (Å²) in [6.45, 7) is 4.72. The number of nitrogens with zero attached hydrogens (tertiary/aromatic N) is 7. The van der Waals surface area contributed by atoms with Gasteiger partial charge in [-0.15, -0.1) is 44.1 Å². The number of fused-ring (bicyclic) bond motifs is 16. The van der Waals surface area contributed by atoms with Gasteiger partial charge >= 0.3 is 25.4 Å². The van der Waals surface area contributed by atoms with Crippen LogP contribution in [0.4, 0.5) is 0 Å². The number of halogens is 1. The second-order valence-electron chi connectivity index (χ2n) is 20.2. The summed E-state index contributed by atoms with van der Waals surface area (Å²) in [5.74, 6) is -0.610. The van der Waals surface area contributed by atoms with Crippen molar-refractivity contribution in [3.63, 3.8) is 0 Å². The first kappa shape index (κ1) is 55.2. The molecule has 0 aliphatic carbocycles. The summed E-state index contributed by atoms with van der Waals surface area (Å²) in [5.41, 5.74) is 20.4. The van der Waals surface area contributed by atoms with Crippen LogP contribution >= 0.6 is 0 Å². The molecule has 0 unspecified atom stereocenters. The molecule has 4 aliphatic heterocycles. The van der Waals surface area contributed by atoms with Gasteiger partial charge in [0.15, 0.2) is 0 Å². The van der Waals surface area contributed by atoms with Gasteiger partial charge in [0.05, 0.1) is 24.1 Å². The van der Waals surface area contributed by atoms with Crippen molar-refractivity contribution in [2.45, 2.75) is 32.2 Å². The standard InChI is InChI=1S/C65H49N9O3.HI.2Zn/c1-65(2)36-52-33-57-54(35-58(73-57)61(40-11-15-43(16-12-40)64(76)77-4)55-26-23-48(70-55)31-47-20-22-51(69-47)34-60(65)72-52)39-7-5-38(6-8-39)37-66-63(75)42-13-9-41(10-14-42)62-56-27-24-49(71-56)30-46-18-17-44(67-46)29-45-19-21-50(68-45)32-53-25-28-59(62)74(53)3;;;/h5-35H,3,36-37H2,1-2,4H3,(H3-2,66,67,68,69,70,71,72,73,75,76);1H;;/q-2;;;+2/p-2. The summed E-state index contributed by atoms with van der Waals surface area (Å²) >= 11 is 0. The molecule has 10 heterocycles. The zero-order valence-electron chi connectivity index (χ0n) is 44.2. The maximum Gasteiger partial charge on any atom is 2.00 e. The van der Waals surface area contributed by atoms with Gasteiger partial charge in [0, 0.05) is 74.0 Å². The van der Waals surface area contributed by atoms with Gasteiger partial charge < -0.3 is 58.5 Å². The Balaban J connectivity index is 0.00000240. The summed E-state index contributed by atoms with van der Waals surface area (Å²) < 4.78 is 6.91. The molecule has 15 heteroatoms. The van der Waals surface area contributed by atoms with E-state index in [1.165, 1.54) is 7.11 Å². The Morgan fingerprint density at radius 3 is 1.94 bits per heavy atom. The fraction of sp³-hybridized carbons (Fsp3) is 0.0923. The number of H-pyrrole nitrogens is 1. The topological polar surface area (TPSA) is 156 Å². The van der Waals surface area contributed by atoms with Gasteiger partial charge in [0.25, 0.3) is 5.91 Å². The minimum Gasteiger partial charge on any atom is -1.00 e. The van der Waals surface area contributed by atoms with Crippen LogP contribution in [0.15, 0.2) is 152 Å². The zero-order chi connectivity index (χ0) is 52.4. The third-order valence-corrected chi connectivity index (χ3v) is 14.4. The first-order chi connectivity index (χ1) is 37.4. The van der Waals surface area contributed by atoms with Crippen LogP contribution in [0.1, 0.15) is 85.7 Å². The van der Waals surface area contributed by atoms with Crippen LogP contribution in [0.25, 0.3) is 114 Å². The van der Waals surface area contributed by atoms with Gasteiger partial charge in [-0.3, -0.25) is 9.78 Å². The van der Waals surface area contributed by atoms with Crippen LogP contribution < -0.4 is 58.8 Å². The molecule has 1 amide bonds. The number of methoxy groups -OCH3 is 1. The number of carbonyl (C=O) groups excluding carboxylic acids is 2. The largest absolute Gasteiger partial charge is 2.00 e. The number of carbonyl (C=O) groups is 2. The van der Waals surface area contributed by atoms with E-state index in [4.69, 9.17) is 34.6 Å². The molecule has 0 fully saturated rings. The van der Waals surface area contributed by atoms with Crippen molar-refractivity contribution in [1.29, 1.82) is 0 Å². The Hall–Kier alpha value is -8.09. The molecule has 13 rings (SSSR count). The predicted octanol–water partition coefficient (Wildman–Crippen LogP) is 8.16. The number of ether oxygens (including phenoxy) is 1. The average Bonchev–Trinajstić information content (AvgIpc) is 4.34. The van der Waals surface area contributed by atoms with Crippen LogP contribution in [-0.4, -0.2) is 29.0 Å². The summed E-state index contributed by atoms with van der Waals surface area (Å²) in [5, 5.41) is 3.14. The number of nitrogens with one attached hydrogen (secondary N) is 2. The van der Waals surface area contributed by atoms with E-state index in [2.05, 4.69) is 61.5 Å². The normalized spacial score (nSPS) is 12.7. The zero-order valence-corrected chi connectivity index (χ0v) is 52.3. The van der Waals surface area contributed by atoms with Crippen molar-refractivity contribution >= 4 is 92.5 Å². The van der Waals surface area contributed by atoms with E-state index in [1.54, 1.807) is 12.1 Å². The molecular formula is C65H48IN9O3Zn2-2. The van der Waals surface area contributed by atoms with E-state index >= 15 is 0 Å². The molecule has 3 aromatic carbocycles. The first-order valence-electron chi connectivity index (χ1n) is 25.4. The van der Waals surface area contributed by atoms with Crippen LogP contribution in [0.3, 0.4) is 0 Å². The van der Waals surface area contributed by atoms with Crippen LogP contribution in [0.5, 0.6) is 0 Å². The second kappa shape index (κ2) is 22.6. The first-order valence-corrected chi connectivity index (χ1v) is 25.4. The number of aromatic amines is 1. The monoisotopic (exact) mass is 1260 g/mol. The number of amides is 1. The van der Waals surface area contributed by atoms with Gasteiger partial charge in [0.1, 0.15) is 11.4 Å². The van der Waals surface area contributed by atoms with Gasteiger partial charge in [0.2, 0.25) is 11.4 Å². The summed E-state index contributed by atoms with van der Waals surface area (Å²) in [7, 11) is 5.82. The Morgan fingerprint density at radius 1 is 0.625 bits per heavy atom. The minimum absolute atomic E-state index is 0. The number of aromatic nitrogens is 8. The van der Waals surface area contributed by atoms with E-state index in [-0.39, 0.29) is 74.3 Å². The van der Waals surface area contributed by atoms with Crippen molar-refractivity contribution in [2.24, 2.45) is 0 Å². The molecule has 2 N–H and O–H groups in total. The van der Waals surface area contributed by atoms with Crippen molar-refractivity contribution < 1.29 is 86.8 Å². The maximum absolute atomic E-state index is 13.8. The third kappa shape index (κ3) is 11.0. The van der Waals surface area contributed by atoms with Crippen LogP contribution in [0.2, 0.25) is 0 Å². The van der Waals surface area contributed by atoms with Gasteiger partial charge in [-0.2, -0.15) is 0 Å². The van der Waals surface area contributed by atoms with Crippen molar-refractivity contribution in [2.75, 3.05) is 7.11 Å². The predicted molar refractivity (Wildman–Crippen MR) is 302 cm³/mol. The molecule has 0 spiro atoms. The van der Waals surface area contributed by atoms with E-state index in [0.29, 0.717) is 17.7 Å². The fourth-order valence-electron chi connectivity index (χ4n) is 10.4. The summed E-state index contributed by atoms with van der Waals surface area (Å²) in [6.07, 6.45) is 12.8. The van der Waals surface area contributed by atoms with E-state index < -0.39 is 5.97 Å². The molecule has 9 aromatic rings. The van der Waals surface area contributed by atoms with Crippen LogP contribution in [0, 0.1) is 7.05 Å². The Kier molecular flexibility index (Phi) is 15.6.